The number of fused-ring (bicyclic) bond motifs is 1. The van der Waals surface area contributed by atoms with Crippen molar-refractivity contribution in [1.82, 2.24) is 14.9 Å². The lowest BCUT2D eigenvalue weighted by Crippen LogP contribution is -2.41. The molecule has 0 radical (unpaired) electrons. The smallest absolute Gasteiger partial charge is 0.240 e. The third-order valence-electron chi connectivity index (χ3n) is 5.03. The Morgan fingerprint density at radius 2 is 1.97 bits per heavy atom. The summed E-state index contributed by atoms with van der Waals surface area (Å²) < 4.78 is 1.94. The largest absolute Gasteiger partial charge is 0.325 e. The monoisotopic (exact) mass is 407 g/mol. The number of nitrogens with zero attached hydrogens (tertiary/aromatic N) is 3. The molecule has 29 heavy (non-hydrogen) atoms. The van der Waals surface area contributed by atoms with Gasteiger partial charge in [0.15, 0.2) is 5.82 Å². The molecule has 0 aliphatic carbocycles. The number of aryl methyl sites for hydroxylation is 3. The van der Waals surface area contributed by atoms with Crippen molar-refractivity contribution in [2.45, 2.75) is 50.1 Å². The van der Waals surface area contributed by atoms with E-state index in [9.17, 15) is 4.79 Å². The quantitative estimate of drug-likeness (QED) is 0.662. The maximum Gasteiger partial charge on any atom is 0.240 e. The predicted octanol–water partition coefficient (Wildman–Crippen LogP) is 4.25. The molecule has 0 spiro atoms. The van der Waals surface area contributed by atoms with Crippen LogP contribution in [0.3, 0.4) is 0 Å². The van der Waals surface area contributed by atoms with Gasteiger partial charge in [0.1, 0.15) is 5.25 Å². The van der Waals surface area contributed by atoms with Gasteiger partial charge < -0.3 is 10.7 Å². The van der Waals surface area contributed by atoms with Crippen LogP contribution in [0.1, 0.15) is 41.9 Å². The van der Waals surface area contributed by atoms with E-state index in [4.69, 9.17) is 0 Å². The molecular formula is C22H25N5OS. The van der Waals surface area contributed by atoms with Crippen molar-refractivity contribution in [2.24, 2.45) is 0 Å². The number of carbonyl (C=O) groups excluding carboxylic acids is 1. The summed E-state index contributed by atoms with van der Waals surface area (Å²) in [4.78, 5) is 13.3. The average molecular weight is 408 g/mol. The van der Waals surface area contributed by atoms with Crippen LogP contribution in [0.2, 0.25) is 0 Å². The van der Waals surface area contributed by atoms with Crippen molar-refractivity contribution in [1.29, 1.82) is 0 Å². The van der Waals surface area contributed by atoms with Gasteiger partial charge in [0.05, 0.1) is 6.04 Å². The van der Waals surface area contributed by atoms with Gasteiger partial charge in [-0.1, -0.05) is 66.7 Å². The summed E-state index contributed by atoms with van der Waals surface area (Å²) in [6.45, 7) is 6.18. The zero-order valence-corrected chi connectivity index (χ0v) is 17.7. The summed E-state index contributed by atoms with van der Waals surface area (Å²) in [5.74, 6) is 0.846. The van der Waals surface area contributed by atoms with Gasteiger partial charge in [0.25, 0.3) is 0 Å². The first-order valence-corrected chi connectivity index (χ1v) is 10.8. The standard InChI is InChI=1S/C22H25N5OS/c1-4-8-18-24-25-22-27(18)26-19(16-9-6-5-7-10-16)20(29-22)21(28)23-17-12-11-14(2)13-15(17)3/h5-7,9-13,19-20,26H,4,8H2,1-3H3,(H,23,28)/t19-,20+/m1/s1. The number of hydrogen-bond acceptors (Lipinski definition) is 5. The number of hydrogen-bond donors (Lipinski definition) is 2. The Bertz CT molecular complexity index is 1020. The zero-order chi connectivity index (χ0) is 20.4. The second-order valence-corrected chi connectivity index (χ2v) is 8.46. The lowest BCUT2D eigenvalue weighted by atomic mass is 10.0. The van der Waals surface area contributed by atoms with Crippen LogP contribution in [0.25, 0.3) is 0 Å². The van der Waals surface area contributed by atoms with Gasteiger partial charge >= 0.3 is 0 Å². The van der Waals surface area contributed by atoms with Gasteiger partial charge in [-0.3, -0.25) is 4.79 Å². The molecule has 6 nitrogen and oxygen atoms in total. The third-order valence-corrected chi connectivity index (χ3v) is 6.25. The fourth-order valence-electron chi connectivity index (χ4n) is 3.55. The van der Waals surface area contributed by atoms with Crippen LogP contribution in [-0.2, 0) is 11.2 Å². The first-order chi connectivity index (χ1) is 14.1. The lowest BCUT2D eigenvalue weighted by molar-refractivity contribution is -0.116. The number of carbonyl (C=O) groups is 1. The van der Waals surface area contributed by atoms with E-state index in [0.29, 0.717) is 0 Å². The average Bonchev–Trinajstić information content (AvgIpc) is 3.12. The highest BCUT2D eigenvalue weighted by Gasteiger charge is 2.37. The normalized spacial score (nSPS) is 18.0. The van der Waals surface area contributed by atoms with Crippen LogP contribution in [0.4, 0.5) is 5.69 Å². The molecule has 0 fully saturated rings. The second kappa shape index (κ2) is 8.29. The maximum absolute atomic E-state index is 13.3. The minimum absolute atomic E-state index is 0.0467. The summed E-state index contributed by atoms with van der Waals surface area (Å²) >= 11 is 1.46. The Morgan fingerprint density at radius 1 is 1.17 bits per heavy atom. The van der Waals surface area contributed by atoms with E-state index < -0.39 is 0 Å². The molecule has 3 aromatic rings. The second-order valence-electron chi connectivity index (χ2n) is 7.35. The summed E-state index contributed by atoms with van der Waals surface area (Å²) in [6, 6.07) is 15.9. The molecule has 0 unspecified atom stereocenters. The minimum Gasteiger partial charge on any atom is -0.325 e. The van der Waals surface area contributed by atoms with E-state index in [1.807, 2.05) is 61.0 Å². The van der Waals surface area contributed by atoms with Crippen molar-refractivity contribution in [2.75, 3.05) is 10.7 Å². The number of benzene rings is 2. The predicted molar refractivity (Wildman–Crippen MR) is 117 cm³/mol. The number of amides is 1. The fraction of sp³-hybridized carbons (Fsp3) is 0.318. The molecule has 0 saturated carbocycles. The molecule has 0 bridgehead atoms. The Hall–Kier alpha value is -2.80. The number of rotatable bonds is 5. The molecule has 2 heterocycles. The molecule has 0 saturated heterocycles. The molecule has 1 aliphatic rings. The molecule has 1 aromatic heterocycles. The van der Waals surface area contributed by atoms with E-state index in [2.05, 4.69) is 33.9 Å². The Kier molecular flexibility index (Phi) is 5.58. The zero-order valence-electron chi connectivity index (χ0n) is 16.8. The van der Waals surface area contributed by atoms with Crippen LogP contribution >= 0.6 is 11.8 Å². The van der Waals surface area contributed by atoms with E-state index in [1.165, 1.54) is 17.3 Å². The van der Waals surface area contributed by atoms with E-state index in [1.54, 1.807) is 0 Å². The molecule has 2 N–H and O–H groups in total. The molecule has 2 aromatic carbocycles. The SMILES string of the molecule is CCCc1nnc2n1N[C@H](c1ccccc1)[C@@H](C(=O)Nc1ccc(C)cc1C)S2. The van der Waals surface area contributed by atoms with Crippen molar-refractivity contribution >= 4 is 23.4 Å². The van der Waals surface area contributed by atoms with Gasteiger partial charge in [0.2, 0.25) is 11.1 Å². The van der Waals surface area contributed by atoms with Gasteiger partial charge in [0, 0.05) is 12.1 Å². The molecule has 2 atom stereocenters. The maximum atomic E-state index is 13.3. The summed E-state index contributed by atoms with van der Waals surface area (Å²) in [5.41, 5.74) is 7.62. The third kappa shape index (κ3) is 4.00. The Balaban J connectivity index is 1.66. The van der Waals surface area contributed by atoms with Crippen LogP contribution in [0.5, 0.6) is 0 Å². The first kappa shape index (κ1) is 19.5. The lowest BCUT2D eigenvalue weighted by Gasteiger charge is -2.33. The molecule has 1 amide bonds. The van der Waals surface area contributed by atoms with Crippen molar-refractivity contribution < 1.29 is 4.79 Å². The molecule has 1 aliphatic heterocycles. The summed E-state index contributed by atoms with van der Waals surface area (Å²) in [6.07, 6.45) is 1.82. The van der Waals surface area contributed by atoms with Crippen LogP contribution < -0.4 is 10.7 Å². The molecule has 4 rings (SSSR count). The van der Waals surface area contributed by atoms with Crippen LogP contribution in [0, 0.1) is 13.8 Å². The Labute approximate surface area is 175 Å². The first-order valence-electron chi connectivity index (χ1n) is 9.87. The van der Waals surface area contributed by atoms with Gasteiger partial charge in [-0.15, -0.1) is 10.2 Å². The van der Waals surface area contributed by atoms with Gasteiger partial charge in [-0.05, 0) is 37.5 Å². The summed E-state index contributed by atoms with van der Waals surface area (Å²) in [7, 11) is 0. The van der Waals surface area contributed by atoms with Crippen molar-refractivity contribution in [3.05, 3.63) is 71.0 Å². The van der Waals surface area contributed by atoms with Crippen molar-refractivity contribution in [3.8, 4) is 0 Å². The topological polar surface area (TPSA) is 71.8 Å². The molecule has 7 heteroatoms. The summed E-state index contributed by atoms with van der Waals surface area (Å²) in [5, 5.41) is 12.1. The van der Waals surface area contributed by atoms with Gasteiger partial charge in [-0.25, -0.2) is 4.68 Å². The fourth-order valence-corrected chi connectivity index (χ4v) is 4.65. The molecular weight excluding hydrogens is 382 g/mol. The van der Waals surface area contributed by atoms with E-state index >= 15 is 0 Å². The van der Waals surface area contributed by atoms with Crippen LogP contribution in [0.15, 0.2) is 53.7 Å². The number of anilines is 1. The number of nitrogens with one attached hydrogen (secondary N) is 2. The Morgan fingerprint density at radius 3 is 2.69 bits per heavy atom. The van der Waals surface area contributed by atoms with E-state index in [0.717, 1.165) is 40.6 Å². The highest BCUT2D eigenvalue weighted by molar-refractivity contribution is 8.00. The number of thioether (sulfide) groups is 1. The van der Waals surface area contributed by atoms with E-state index in [-0.39, 0.29) is 17.2 Å². The minimum atomic E-state index is -0.371. The van der Waals surface area contributed by atoms with Crippen molar-refractivity contribution in [3.63, 3.8) is 0 Å². The highest BCUT2D eigenvalue weighted by atomic mass is 32.2. The molecule has 150 valence electrons. The number of aromatic nitrogens is 3. The van der Waals surface area contributed by atoms with Gasteiger partial charge in [-0.2, -0.15) is 0 Å². The highest BCUT2D eigenvalue weighted by Crippen LogP contribution is 2.37. The van der Waals surface area contributed by atoms with Crippen LogP contribution in [-0.4, -0.2) is 26.0 Å².